The van der Waals surface area contributed by atoms with Crippen LogP contribution in [-0.2, 0) is 9.84 Å². The molecule has 1 atom stereocenters. The molecule has 0 unspecified atom stereocenters. The lowest BCUT2D eigenvalue weighted by molar-refractivity contribution is 0.0685. The fourth-order valence-corrected chi connectivity index (χ4v) is 5.73. The molecular formula is C24H27N3O3S. The lowest BCUT2D eigenvalue weighted by Gasteiger charge is -2.28. The molecule has 0 aliphatic carbocycles. The maximum Gasteiger partial charge on any atom is 0.272 e. The van der Waals surface area contributed by atoms with Crippen LogP contribution in [-0.4, -0.2) is 53.1 Å². The molecule has 0 radical (unpaired) electrons. The third-order valence-electron chi connectivity index (χ3n) is 5.66. The smallest absolute Gasteiger partial charge is 0.272 e. The number of hydrogen-bond acceptors (Lipinski definition) is 4. The number of unbranched alkanes of at least 4 members (excludes halogenated alkanes) is 1. The van der Waals surface area contributed by atoms with Gasteiger partial charge in [0.25, 0.3) is 5.91 Å². The number of aromatic nitrogens is 2. The van der Waals surface area contributed by atoms with Crippen molar-refractivity contribution in [3.8, 4) is 16.9 Å². The summed E-state index contributed by atoms with van der Waals surface area (Å²) in [5.41, 5.74) is 2.88. The van der Waals surface area contributed by atoms with Crippen LogP contribution < -0.4 is 0 Å². The fourth-order valence-electron chi connectivity index (χ4n) is 4.00. The molecule has 3 aromatic rings. The summed E-state index contributed by atoms with van der Waals surface area (Å²) in [6.07, 6.45) is 2.24. The van der Waals surface area contributed by atoms with Crippen molar-refractivity contribution in [3.05, 3.63) is 72.4 Å². The molecule has 0 bridgehead atoms. The van der Waals surface area contributed by atoms with E-state index in [1.54, 1.807) is 9.58 Å². The van der Waals surface area contributed by atoms with Gasteiger partial charge in [0.1, 0.15) is 5.69 Å². The molecule has 0 N–H and O–H groups in total. The summed E-state index contributed by atoms with van der Waals surface area (Å²) < 4.78 is 25.9. The van der Waals surface area contributed by atoms with E-state index in [1.165, 1.54) is 0 Å². The molecule has 1 saturated heterocycles. The number of para-hydroxylation sites is 1. The van der Waals surface area contributed by atoms with E-state index < -0.39 is 9.84 Å². The normalized spacial score (nSPS) is 17.5. The van der Waals surface area contributed by atoms with Gasteiger partial charge in [-0.05, 0) is 31.0 Å². The van der Waals surface area contributed by atoms with Crippen LogP contribution in [0.1, 0.15) is 36.7 Å². The van der Waals surface area contributed by atoms with Crippen LogP contribution in [0.2, 0.25) is 0 Å². The molecule has 1 fully saturated rings. The third kappa shape index (κ3) is 4.71. The van der Waals surface area contributed by atoms with Crippen LogP contribution in [0.25, 0.3) is 16.9 Å². The molecule has 7 heteroatoms. The van der Waals surface area contributed by atoms with Gasteiger partial charge in [-0.1, -0.05) is 61.9 Å². The molecule has 1 aromatic heterocycles. The number of hydrogen-bond donors (Lipinski definition) is 0. The summed E-state index contributed by atoms with van der Waals surface area (Å²) in [7, 11) is -3.10. The number of benzene rings is 2. The van der Waals surface area contributed by atoms with Crippen molar-refractivity contribution in [1.29, 1.82) is 0 Å². The molecular weight excluding hydrogens is 410 g/mol. The van der Waals surface area contributed by atoms with Crippen LogP contribution in [0.3, 0.4) is 0 Å². The van der Waals surface area contributed by atoms with E-state index in [-0.39, 0.29) is 23.5 Å². The Morgan fingerprint density at radius 1 is 1.10 bits per heavy atom. The fraction of sp³-hybridized carbons (Fsp3) is 0.333. The summed E-state index contributed by atoms with van der Waals surface area (Å²) in [6.45, 7) is 2.60. The second-order valence-electron chi connectivity index (χ2n) is 7.94. The second kappa shape index (κ2) is 9.06. The number of carbonyl (C=O) groups excluding carboxylic acids is 1. The molecule has 1 aliphatic rings. The van der Waals surface area contributed by atoms with Crippen LogP contribution in [0.15, 0.2) is 66.7 Å². The van der Waals surface area contributed by atoms with E-state index >= 15 is 0 Å². The monoisotopic (exact) mass is 437 g/mol. The highest BCUT2D eigenvalue weighted by atomic mass is 32.2. The van der Waals surface area contributed by atoms with E-state index in [4.69, 9.17) is 5.10 Å². The Balaban J connectivity index is 1.76. The van der Waals surface area contributed by atoms with Gasteiger partial charge in [-0.2, -0.15) is 5.10 Å². The van der Waals surface area contributed by atoms with Gasteiger partial charge in [-0.15, -0.1) is 0 Å². The summed E-state index contributed by atoms with van der Waals surface area (Å²) in [6, 6.07) is 20.8. The lowest BCUT2D eigenvalue weighted by atomic mass is 10.1. The average molecular weight is 438 g/mol. The predicted molar refractivity (Wildman–Crippen MR) is 122 cm³/mol. The Hall–Kier alpha value is -2.93. The van der Waals surface area contributed by atoms with Crippen molar-refractivity contribution in [2.75, 3.05) is 18.1 Å². The molecule has 2 aromatic carbocycles. The van der Waals surface area contributed by atoms with Gasteiger partial charge >= 0.3 is 0 Å². The van der Waals surface area contributed by atoms with Crippen molar-refractivity contribution in [2.24, 2.45) is 0 Å². The molecule has 31 heavy (non-hydrogen) atoms. The van der Waals surface area contributed by atoms with Crippen molar-refractivity contribution < 1.29 is 13.2 Å². The average Bonchev–Trinajstić information content (AvgIpc) is 3.39. The minimum absolute atomic E-state index is 0.0352. The number of sulfone groups is 1. The first-order valence-corrected chi connectivity index (χ1v) is 12.5. The number of nitrogens with zero attached hydrogens (tertiary/aromatic N) is 3. The second-order valence-corrected chi connectivity index (χ2v) is 10.2. The van der Waals surface area contributed by atoms with Crippen LogP contribution >= 0.6 is 0 Å². The van der Waals surface area contributed by atoms with Gasteiger partial charge in [-0.25, -0.2) is 13.1 Å². The number of amides is 1. The van der Waals surface area contributed by atoms with Gasteiger partial charge in [-0.3, -0.25) is 4.79 Å². The minimum Gasteiger partial charge on any atom is -0.333 e. The lowest BCUT2D eigenvalue weighted by Crippen LogP contribution is -2.42. The molecule has 6 nitrogen and oxygen atoms in total. The summed E-state index contributed by atoms with van der Waals surface area (Å²) in [4.78, 5) is 15.5. The molecule has 162 valence electrons. The Labute approximate surface area is 183 Å². The van der Waals surface area contributed by atoms with Crippen molar-refractivity contribution >= 4 is 15.7 Å². The van der Waals surface area contributed by atoms with Crippen molar-refractivity contribution in [1.82, 2.24) is 14.7 Å². The van der Waals surface area contributed by atoms with Gasteiger partial charge < -0.3 is 4.90 Å². The van der Waals surface area contributed by atoms with Gasteiger partial charge in [0.2, 0.25) is 0 Å². The maximum absolute atomic E-state index is 13.8. The maximum atomic E-state index is 13.8. The number of carbonyl (C=O) groups is 1. The molecule has 0 spiro atoms. The Morgan fingerprint density at radius 2 is 1.77 bits per heavy atom. The van der Waals surface area contributed by atoms with E-state index in [0.29, 0.717) is 24.4 Å². The summed E-state index contributed by atoms with van der Waals surface area (Å²) in [5.74, 6) is 0.00271. The topological polar surface area (TPSA) is 72.3 Å². The van der Waals surface area contributed by atoms with Crippen molar-refractivity contribution in [3.63, 3.8) is 0 Å². The van der Waals surface area contributed by atoms with Gasteiger partial charge in [0, 0.05) is 18.2 Å². The molecule has 1 amide bonds. The largest absolute Gasteiger partial charge is 0.333 e. The van der Waals surface area contributed by atoms with Crippen LogP contribution in [0.4, 0.5) is 0 Å². The molecule has 4 rings (SSSR count). The Bertz CT molecular complexity index is 1140. The summed E-state index contributed by atoms with van der Waals surface area (Å²) >= 11 is 0. The van der Waals surface area contributed by atoms with E-state index in [0.717, 1.165) is 24.1 Å². The highest BCUT2D eigenvalue weighted by Gasteiger charge is 2.36. The van der Waals surface area contributed by atoms with E-state index in [2.05, 4.69) is 6.92 Å². The van der Waals surface area contributed by atoms with Crippen LogP contribution in [0, 0.1) is 0 Å². The zero-order valence-corrected chi connectivity index (χ0v) is 18.5. The Morgan fingerprint density at radius 3 is 2.39 bits per heavy atom. The van der Waals surface area contributed by atoms with Crippen molar-refractivity contribution in [2.45, 2.75) is 32.2 Å². The van der Waals surface area contributed by atoms with E-state index in [1.807, 2.05) is 66.7 Å². The zero-order valence-electron chi connectivity index (χ0n) is 17.6. The highest BCUT2D eigenvalue weighted by Crippen LogP contribution is 2.25. The SMILES string of the molecule is CCCCN(C(=O)c1cc(-c2ccccc2)nn1-c1ccccc1)[C@@H]1CCS(=O)(=O)C1. The van der Waals surface area contributed by atoms with Gasteiger partial charge in [0.15, 0.2) is 9.84 Å². The highest BCUT2D eigenvalue weighted by molar-refractivity contribution is 7.91. The first-order valence-electron chi connectivity index (χ1n) is 10.7. The van der Waals surface area contributed by atoms with Gasteiger partial charge in [0.05, 0.1) is 22.9 Å². The molecule has 2 heterocycles. The number of rotatable bonds is 7. The summed E-state index contributed by atoms with van der Waals surface area (Å²) in [5, 5.41) is 4.74. The first kappa shape index (κ1) is 21.3. The molecule has 0 saturated carbocycles. The quantitative estimate of drug-likeness (QED) is 0.561. The minimum atomic E-state index is -3.10. The Kier molecular flexibility index (Phi) is 6.23. The zero-order chi connectivity index (χ0) is 21.8. The first-order chi connectivity index (χ1) is 15.0. The van der Waals surface area contributed by atoms with E-state index in [9.17, 15) is 13.2 Å². The molecule has 1 aliphatic heterocycles. The predicted octanol–water partition coefficient (Wildman–Crippen LogP) is 3.97. The van der Waals surface area contributed by atoms with Crippen LogP contribution in [0.5, 0.6) is 0 Å². The standard InChI is InChI=1S/C24H27N3O3S/c1-2-3-15-26(21-14-16-31(29,30)18-21)24(28)23-17-22(19-10-6-4-7-11-19)25-27(23)20-12-8-5-9-13-20/h4-13,17,21H,2-3,14-16,18H2,1H3/t21-/m1/s1. The third-order valence-corrected chi connectivity index (χ3v) is 7.41.